The predicted octanol–water partition coefficient (Wildman–Crippen LogP) is 5.96. The van der Waals surface area contributed by atoms with Gasteiger partial charge in [-0.2, -0.15) is 0 Å². The number of amides is 3. The summed E-state index contributed by atoms with van der Waals surface area (Å²) in [6.07, 6.45) is 6.58. The number of nitrogens with zero attached hydrogens (tertiary/aromatic N) is 6. The van der Waals surface area contributed by atoms with Crippen molar-refractivity contribution in [1.29, 1.82) is 0 Å². The average Bonchev–Trinajstić information content (AvgIpc) is 4.07. The summed E-state index contributed by atoms with van der Waals surface area (Å²) < 4.78 is 9.56. The molecule has 5 aromatic rings. The molecule has 2 aliphatic heterocycles. The molecule has 5 unspecified atom stereocenters. The first-order chi connectivity index (χ1) is 27.9. The van der Waals surface area contributed by atoms with Crippen LogP contribution in [0, 0.1) is 11.8 Å². The Morgan fingerprint density at radius 3 is 2.12 bits per heavy atom. The molecule has 1 aromatic carbocycles. The number of alkyl carbamates (subject to hydrolysis) is 2. The summed E-state index contributed by atoms with van der Waals surface area (Å²) in [6, 6.07) is 12.4. The number of methoxy groups -OCH3 is 2. The topological polar surface area (TPSA) is 204 Å². The Labute approximate surface area is 337 Å². The molecular weight excluding hydrogens is 741 g/mol. The molecule has 0 bridgehead atoms. The highest BCUT2D eigenvalue weighted by Crippen LogP contribution is 2.36. The highest BCUT2D eigenvalue weighted by Gasteiger charge is 2.39. The molecule has 2 aliphatic rings. The molecule has 3 amide bonds. The number of pyridine rings is 2. The van der Waals surface area contributed by atoms with Crippen molar-refractivity contribution in [2.75, 3.05) is 27.3 Å². The second-order valence-electron chi connectivity index (χ2n) is 15.7. The van der Waals surface area contributed by atoms with Gasteiger partial charge < -0.3 is 40.1 Å². The number of benzene rings is 1. The summed E-state index contributed by atoms with van der Waals surface area (Å²) in [7, 11) is 2.60. The van der Waals surface area contributed by atoms with Crippen LogP contribution in [0.5, 0.6) is 0 Å². The third-order valence-electron chi connectivity index (χ3n) is 11.2. The van der Waals surface area contributed by atoms with E-state index in [1.807, 2.05) is 81.3 Å². The Morgan fingerprint density at radius 1 is 0.759 bits per heavy atom. The van der Waals surface area contributed by atoms with Crippen molar-refractivity contribution in [1.82, 2.24) is 50.3 Å². The van der Waals surface area contributed by atoms with Crippen LogP contribution in [-0.4, -0.2) is 109 Å². The Balaban J connectivity index is 1.02. The minimum Gasteiger partial charge on any atom is -0.453 e. The van der Waals surface area contributed by atoms with Gasteiger partial charge in [-0.3, -0.25) is 19.7 Å². The molecule has 0 radical (unpaired) electrons. The zero-order chi connectivity index (χ0) is 41.1. The highest BCUT2D eigenvalue weighted by atomic mass is 16.5. The summed E-state index contributed by atoms with van der Waals surface area (Å²) in [5.41, 5.74) is 6.69. The number of carbonyl (C=O) groups is 3. The van der Waals surface area contributed by atoms with Gasteiger partial charge >= 0.3 is 12.2 Å². The number of nitrogens with one attached hydrogen (secondary N) is 4. The maximum Gasteiger partial charge on any atom is 0.407 e. The predicted molar refractivity (Wildman–Crippen MR) is 217 cm³/mol. The number of fused-ring (bicyclic) bond motifs is 1. The Hall–Kier alpha value is -5.87. The molecule has 58 heavy (non-hydrogen) atoms. The highest BCUT2D eigenvalue weighted by molar-refractivity contribution is 5.86. The number of likely N-dealkylation sites (tertiary alicyclic amines) is 2. The van der Waals surface area contributed by atoms with Crippen LogP contribution in [0.4, 0.5) is 9.59 Å². The van der Waals surface area contributed by atoms with E-state index in [0.29, 0.717) is 30.3 Å². The zero-order valence-electron chi connectivity index (χ0n) is 33.7. The van der Waals surface area contributed by atoms with Gasteiger partial charge in [-0.15, -0.1) is 0 Å². The van der Waals surface area contributed by atoms with E-state index in [1.54, 1.807) is 17.3 Å². The van der Waals surface area contributed by atoms with Crippen molar-refractivity contribution >= 4 is 29.1 Å². The Morgan fingerprint density at radius 2 is 1.43 bits per heavy atom. The smallest absolute Gasteiger partial charge is 0.407 e. The number of rotatable bonds is 12. The van der Waals surface area contributed by atoms with E-state index in [2.05, 4.69) is 30.6 Å². The molecule has 4 aromatic heterocycles. The molecule has 16 heteroatoms. The second kappa shape index (κ2) is 17.3. The first kappa shape index (κ1) is 40.3. The zero-order valence-corrected chi connectivity index (χ0v) is 33.7. The SMILES string of the molecule is COC(=O)NC(C(=O)N1CCCC1c1ncc(-c2ccc(-c3ccc(-c4cc5nc(C6CCCN6C(O)C(NC(=O)OC)C(C)C)[nH]c5cn4)nc3)cc2)[nH]1)C(C)C. The van der Waals surface area contributed by atoms with Crippen molar-refractivity contribution in [3.05, 3.63) is 72.7 Å². The first-order valence-electron chi connectivity index (χ1n) is 19.9. The Kier molecular flexibility index (Phi) is 12.0. The van der Waals surface area contributed by atoms with Crippen LogP contribution in [0.1, 0.15) is 77.1 Å². The lowest BCUT2D eigenvalue weighted by Crippen LogP contribution is -2.54. The van der Waals surface area contributed by atoms with Gasteiger partial charge in [-0.25, -0.2) is 19.6 Å². The van der Waals surface area contributed by atoms with Crippen molar-refractivity contribution in [3.8, 4) is 33.8 Å². The summed E-state index contributed by atoms with van der Waals surface area (Å²) in [5.74, 6) is 1.18. The molecule has 5 atom stereocenters. The van der Waals surface area contributed by atoms with E-state index in [1.165, 1.54) is 14.2 Å². The van der Waals surface area contributed by atoms with E-state index in [0.717, 1.165) is 64.9 Å². The van der Waals surface area contributed by atoms with E-state index >= 15 is 0 Å². The van der Waals surface area contributed by atoms with Crippen molar-refractivity contribution in [2.24, 2.45) is 11.8 Å². The number of ether oxygens (including phenoxy) is 2. The second-order valence-corrected chi connectivity index (χ2v) is 15.7. The lowest BCUT2D eigenvalue weighted by molar-refractivity contribution is -0.135. The number of H-pyrrole nitrogens is 2. The molecule has 306 valence electrons. The van der Waals surface area contributed by atoms with E-state index < -0.39 is 30.5 Å². The number of hydrogen-bond acceptors (Lipinski definition) is 11. The minimum absolute atomic E-state index is 0.0231. The number of aliphatic hydroxyl groups excluding tert-OH is 1. The lowest BCUT2D eigenvalue weighted by Gasteiger charge is -2.35. The number of aromatic nitrogens is 6. The fourth-order valence-electron chi connectivity index (χ4n) is 8.02. The van der Waals surface area contributed by atoms with Crippen LogP contribution in [-0.2, 0) is 14.3 Å². The van der Waals surface area contributed by atoms with Gasteiger partial charge in [0.25, 0.3) is 0 Å². The third kappa shape index (κ3) is 8.38. The molecule has 5 N–H and O–H groups in total. The standard InChI is InChI=1S/C42H52N10O6/c1-23(2)35(49-41(55)57-5)39(53)51-17-7-9-33(51)37-45-21-31(47-37)26-13-11-25(12-14-26)27-15-16-28(43-20-27)29-19-30-32(22-44-29)48-38(46-30)34-10-8-18-52(34)40(54)36(24(3)4)50-42(56)58-6/h11-16,19-24,33-36,40,54H,7-10,17-18H2,1-6H3,(H,45,47)(H,46,48)(H,49,55)(H,50,56). The molecule has 2 saturated heterocycles. The van der Waals surface area contributed by atoms with Gasteiger partial charge in [-0.1, -0.05) is 58.0 Å². The van der Waals surface area contributed by atoms with Crippen LogP contribution >= 0.6 is 0 Å². The molecule has 6 heterocycles. The van der Waals surface area contributed by atoms with Gasteiger partial charge in [0.15, 0.2) is 0 Å². The number of hydrogen-bond donors (Lipinski definition) is 5. The van der Waals surface area contributed by atoms with Crippen LogP contribution in [0.25, 0.3) is 44.8 Å². The minimum atomic E-state index is -0.916. The normalized spacial score (nSPS) is 18.7. The summed E-state index contributed by atoms with van der Waals surface area (Å²) in [5, 5.41) is 16.9. The lowest BCUT2D eigenvalue weighted by atomic mass is 10.0. The van der Waals surface area contributed by atoms with Crippen molar-refractivity contribution in [3.63, 3.8) is 0 Å². The molecule has 0 saturated carbocycles. The largest absolute Gasteiger partial charge is 0.453 e. The first-order valence-corrected chi connectivity index (χ1v) is 19.9. The number of imidazole rings is 2. The fourth-order valence-corrected chi connectivity index (χ4v) is 8.02. The molecule has 0 spiro atoms. The number of carbonyl (C=O) groups excluding carboxylic acids is 3. The van der Waals surface area contributed by atoms with E-state index in [-0.39, 0.29) is 29.8 Å². The summed E-state index contributed by atoms with van der Waals surface area (Å²) in [4.78, 5) is 67.1. The summed E-state index contributed by atoms with van der Waals surface area (Å²) in [6.45, 7) is 8.96. The van der Waals surface area contributed by atoms with Crippen LogP contribution in [0.3, 0.4) is 0 Å². The maximum atomic E-state index is 13.5. The summed E-state index contributed by atoms with van der Waals surface area (Å²) >= 11 is 0. The van der Waals surface area contributed by atoms with E-state index in [4.69, 9.17) is 19.4 Å². The van der Waals surface area contributed by atoms with Crippen LogP contribution < -0.4 is 10.6 Å². The molecule has 7 rings (SSSR count). The molecule has 16 nitrogen and oxygen atoms in total. The molecule has 0 aliphatic carbocycles. The van der Waals surface area contributed by atoms with Gasteiger partial charge in [0.1, 0.15) is 23.9 Å². The molecular formula is C42H52N10O6. The van der Waals surface area contributed by atoms with Gasteiger partial charge in [0, 0.05) is 24.8 Å². The maximum absolute atomic E-state index is 13.5. The van der Waals surface area contributed by atoms with Crippen molar-refractivity contribution < 1.29 is 29.0 Å². The van der Waals surface area contributed by atoms with Gasteiger partial charge in [-0.05, 0) is 60.8 Å². The number of aliphatic hydroxyl groups is 1. The van der Waals surface area contributed by atoms with Gasteiger partial charge in [0.2, 0.25) is 5.91 Å². The molecule has 2 fully saturated rings. The van der Waals surface area contributed by atoms with Crippen LogP contribution in [0.15, 0.2) is 61.1 Å². The fraction of sp³-hybridized carbons (Fsp3) is 0.452. The average molecular weight is 793 g/mol. The van der Waals surface area contributed by atoms with Gasteiger partial charge in [0.05, 0.1) is 72.9 Å². The monoisotopic (exact) mass is 792 g/mol. The van der Waals surface area contributed by atoms with Crippen molar-refractivity contribution in [2.45, 2.75) is 83.8 Å². The quantitative estimate of drug-likeness (QED) is 0.0998. The Bertz CT molecular complexity index is 2220. The number of aromatic amines is 2. The van der Waals surface area contributed by atoms with Crippen LogP contribution in [0.2, 0.25) is 0 Å². The third-order valence-corrected chi connectivity index (χ3v) is 11.2. The van der Waals surface area contributed by atoms with E-state index in [9.17, 15) is 19.5 Å².